The normalized spacial score (nSPS) is 18.9. The second kappa shape index (κ2) is 9.27. The minimum absolute atomic E-state index is 0.0216. The van der Waals surface area contributed by atoms with Crippen molar-refractivity contribution in [2.24, 2.45) is 5.92 Å². The Kier molecular flexibility index (Phi) is 6.06. The standard InChI is InChI=1S/C25H32N6O/c1-18-7-5-8-19(15-18)11-12-26-25(32)20-9-6-13-30(16-20)23-22-24(28-17-27-23)31-14-4-2-3-10-21(31)29-22/h5,7-8,15,17,20H,2-4,6,9-14,16H2,1H3,(H,26,32)/t20-/m1/s1. The van der Waals surface area contributed by atoms with Crippen LogP contribution in [0.5, 0.6) is 0 Å². The molecule has 2 aromatic heterocycles. The van der Waals surface area contributed by atoms with E-state index < -0.39 is 0 Å². The van der Waals surface area contributed by atoms with E-state index in [1.807, 2.05) is 0 Å². The molecule has 3 aromatic rings. The van der Waals surface area contributed by atoms with Crippen LogP contribution in [0.25, 0.3) is 11.2 Å². The van der Waals surface area contributed by atoms with E-state index in [4.69, 9.17) is 4.98 Å². The summed E-state index contributed by atoms with van der Waals surface area (Å²) >= 11 is 0. The van der Waals surface area contributed by atoms with Gasteiger partial charge in [-0.3, -0.25) is 4.79 Å². The number of rotatable bonds is 5. The number of amides is 1. The Morgan fingerprint density at radius 2 is 2.09 bits per heavy atom. The molecule has 1 amide bonds. The summed E-state index contributed by atoms with van der Waals surface area (Å²) in [6, 6.07) is 8.47. The van der Waals surface area contributed by atoms with Crippen molar-refractivity contribution in [2.45, 2.75) is 58.4 Å². The fourth-order valence-corrected chi connectivity index (χ4v) is 5.08. The highest BCUT2D eigenvalue weighted by Gasteiger charge is 2.28. The highest BCUT2D eigenvalue weighted by atomic mass is 16.1. The van der Waals surface area contributed by atoms with Crippen LogP contribution < -0.4 is 10.2 Å². The van der Waals surface area contributed by atoms with Gasteiger partial charge in [-0.1, -0.05) is 36.2 Å². The van der Waals surface area contributed by atoms with Crippen molar-refractivity contribution in [3.05, 3.63) is 47.5 Å². The number of carbonyl (C=O) groups excluding carboxylic acids is 1. The van der Waals surface area contributed by atoms with Crippen molar-refractivity contribution < 1.29 is 4.79 Å². The predicted molar refractivity (Wildman–Crippen MR) is 126 cm³/mol. The average molecular weight is 433 g/mol. The third kappa shape index (κ3) is 4.33. The van der Waals surface area contributed by atoms with Crippen LogP contribution >= 0.6 is 0 Å². The molecule has 168 valence electrons. The van der Waals surface area contributed by atoms with Gasteiger partial charge in [-0.15, -0.1) is 0 Å². The summed E-state index contributed by atoms with van der Waals surface area (Å²) in [5, 5.41) is 3.16. The van der Waals surface area contributed by atoms with Crippen LogP contribution in [-0.4, -0.2) is 45.1 Å². The Labute approximate surface area is 189 Å². The number of hydrogen-bond donors (Lipinski definition) is 1. The summed E-state index contributed by atoms with van der Waals surface area (Å²) in [6.45, 7) is 5.34. The van der Waals surface area contributed by atoms with Gasteiger partial charge < -0.3 is 14.8 Å². The zero-order valence-electron chi connectivity index (χ0n) is 18.9. The topological polar surface area (TPSA) is 75.9 Å². The first-order chi connectivity index (χ1) is 15.7. The van der Waals surface area contributed by atoms with Gasteiger partial charge in [0.2, 0.25) is 5.91 Å². The lowest BCUT2D eigenvalue weighted by atomic mass is 9.97. The maximum atomic E-state index is 12.9. The number of nitrogens with one attached hydrogen (secondary N) is 1. The molecule has 0 unspecified atom stereocenters. The number of hydrogen-bond acceptors (Lipinski definition) is 5. The molecule has 1 saturated heterocycles. The molecule has 0 bridgehead atoms. The maximum Gasteiger partial charge on any atom is 0.224 e. The van der Waals surface area contributed by atoms with Gasteiger partial charge in [0.05, 0.1) is 5.92 Å². The third-order valence-corrected chi connectivity index (χ3v) is 6.76. The number of benzene rings is 1. The molecule has 32 heavy (non-hydrogen) atoms. The number of fused-ring (bicyclic) bond motifs is 3. The molecule has 7 nitrogen and oxygen atoms in total. The van der Waals surface area contributed by atoms with E-state index in [9.17, 15) is 4.79 Å². The first-order valence-electron chi connectivity index (χ1n) is 12.0. The molecule has 0 aliphatic carbocycles. The summed E-state index contributed by atoms with van der Waals surface area (Å²) in [4.78, 5) is 29.3. The SMILES string of the molecule is Cc1cccc(CCNC(=O)[C@@H]2CCCN(c3ncnc4c3nc3n4CCCCC3)C2)c1. The van der Waals surface area contributed by atoms with Gasteiger partial charge in [-0.2, -0.15) is 0 Å². The van der Waals surface area contributed by atoms with Crippen LogP contribution in [0.2, 0.25) is 0 Å². The number of piperidine rings is 1. The van der Waals surface area contributed by atoms with Gasteiger partial charge >= 0.3 is 0 Å². The molecule has 7 heteroatoms. The summed E-state index contributed by atoms with van der Waals surface area (Å²) in [5.41, 5.74) is 4.35. The van der Waals surface area contributed by atoms with Crippen LogP contribution in [0, 0.1) is 12.8 Å². The molecular formula is C25H32N6O. The van der Waals surface area contributed by atoms with Crippen LogP contribution in [0.4, 0.5) is 5.82 Å². The van der Waals surface area contributed by atoms with Gasteiger partial charge in [0.25, 0.3) is 0 Å². The van der Waals surface area contributed by atoms with E-state index in [-0.39, 0.29) is 11.8 Å². The van der Waals surface area contributed by atoms with Gasteiger partial charge in [-0.25, -0.2) is 15.0 Å². The number of nitrogens with zero attached hydrogens (tertiary/aromatic N) is 5. The fourth-order valence-electron chi connectivity index (χ4n) is 5.08. The zero-order valence-corrected chi connectivity index (χ0v) is 18.9. The van der Waals surface area contributed by atoms with E-state index in [1.54, 1.807) is 6.33 Å². The highest BCUT2D eigenvalue weighted by molar-refractivity contribution is 5.85. The van der Waals surface area contributed by atoms with Gasteiger partial charge in [0.15, 0.2) is 17.0 Å². The lowest BCUT2D eigenvalue weighted by molar-refractivity contribution is -0.125. The van der Waals surface area contributed by atoms with E-state index in [1.165, 1.54) is 30.4 Å². The molecule has 1 atom stereocenters. The summed E-state index contributed by atoms with van der Waals surface area (Å²) in [6.07, 6.45) is 9.01. The first kappa shape index (κ1) is 20.9. The minimum atomic E-state index is -0.0216. The number of imidazole rings is 1. The fraction of sp³-hybridized carbons (Fsp3) is 0.520. The average Bonchev–Trinajstić information content (AvgIpc) is 3.00. The molecule has 1 fully saturated rings. The lowest BCUT2D eigenvalue weighted by Gasteiger charge is -2.32. The van der Waals surface area contributed by atoms with Gasteiger partial charge in [-0.05, 0) is 44.6 Å². The van der Waals surface area contributed by atoms with E-state index >= 15 is 0 Å². The summed E-state index contributed by atoms with van der Waals surface area (Å²) in [7, 11) is 0. The largest absolute Gasteiger partial charge is 0.355 e. The van der Waals surface area contributed by atoms with Crippen molar-refractivity contribution in [1.29, 1.82) is 0 Å². The molecule has 4 heterocycles. The Bertz CT molecular complexity index is 1110. The van der Waals surface area contributed by atoms with Crippen molar-refractivity contribution >= 4 is 22.9 Å². The Balaban J connectivity index is 1.26. The second-order valence-electron chi connectivity index (χ2n) is 9.18. The smallest absolute Gasteiger partial charge is 0.224 e. The summed E-state index contributed by atoms with van der Waals surface area (Å²) < 4.78 is 2.27. The van der Waals surface area contributed by atoms with Crippen molar-refractivity contribution in [2.75, 3.05) is 24.5 Å². The van der Waals surface area contributed by atoms with Crippen molar-refractivity contribution in [3.63, 3.8) is 0 Å². The van der Waals surface area contributed by atoms with Gasteiger partial charge in [0.1, 0.15) is 12.2 Å². The number of anilines is 1. The van der Waals surface area contributed by atoms with E-state index in [2.05, 4.69) is 55.9 Å². The monoisotopic (exact) mass is 432 g/mol. The molecular weight excluding hydrogens is 400 g/mol. The van der Waals surface area contributed by atoms with E-state index in [0.29, 0.717) is 13.1 Å². The first-order valence-corrected chi connectivity index (χ1v) is 12.0. The maximum absolute atomic E-state index is 12.9. The van der Waals surface area contributed by atoms with Crippen LogP contribution in [-0.2, 0) is 24.2 Å². The quantitative estimate of drug-likeness (QED) is 0.668. The molecule has 1 N–H and O–H groups in total. The highest BCUT2D eigenvalue weighted by Crippen LogP contribution is 2.29. The number of aromatic nitrogens is 4. The Hall–Kier alpha value is -2.96. The Morgan fingerprint density at radius 1 is 1.16 bits per heavy atom. The number of aryl methyl sites for hydroxylation is 3. The summed E-state index contributed by atoms with van der Waals surface area (Å²) in [5.74, 6) is 2.13. The van der Waals surface area contributed by atoms with Crippen LogP contribution in [0.3, 0.4) is 0 Å². The molecule has 5 rings (SSSR count). The van der Waals surface area contributed by atoms with Crippen molar-refractivity contribution in [3.8, 4) is 0 Å². The predicted octanol–water partition coefficient (Wildman–Crippen LogP) is 3.44. The van der Waals surface area contributed by atoms with Crippen molar-refractivity contribution in [1.82, 2.24) is 24.8 Å². The molecule has 2 aliphatic rings. The Morgan fingerprint density at radius 3 is 3.00 bits per heavy atom. The lowest BCUT2D eigenvalue weighted by Crippen LogP contribution is -2.44. The minimum Gasteiger partial charge on any atom is -0.355 e. The second-order valence-corrected chi connectivity index (χ2v) is 9.18. The molecule has 0 saturated carbocycles. The van der Waals surface area contributed by atoms with Crippen LogP contribution in [0.15, 0.2) is 30.6 Å². The molecule has 0 radical (unpaired) electrons. The zero-order chi connectivity index (χ0) is 21.9. The van der Waals surface area contributed by atoms with Crippen LogP contribution in [0.1, 0.15) is 49.1 Å². The number of carbonyl (C=O) groups is 1. The molecule has 0 spiro atoms. The van der Waals surface area contributed by atoms with Gasteiger partial charge in [0, 0.05) is 32.6 Å². The van der Waals surface area contributed by atoms with E-state index in [0.717, 1.165) is 61.6 Å². The molecule has 1 aromatic carbocycles. The third-order valence-electron chi connectivity index (χ3n) is 6.76. The molecule has 2 aliphatic heterocycles.